The van der Waals surface area contributed by atoms with E-state index in [-0.39, 0.29) is 12.2 Å². The second-order valence-corrected chi connectivity index (χ2v) is 7.43. The molecule has 0 bridgehead atoms. The zero-order valence-corrected chi connectivity index (χ0v) is 18.1. The second kappa shape index (κ2) is 9.82. The number of nitrogens with zero attached hydrogens (tertiary/aromatic N) is 1. The van der Waals surface area contributed by atoms with Gasteiger partial charge in [-0.1, -0.05) is 55.5 Å². The number of rotatable bonds is 7. The van der Waals surface area contributed by atoms with Gasteiger partial charge in [-0.3, -0.25) is 9.59 Å². The van der Waals surface area contributed by atoms with E-state index >= 15 is 0 Å². The van der Waals surface area contributed by atoms with Gasteiger partial charge in [-0.15, -0.1) is 0 Å². The molecule has 4 amide bonds. The van der Waals surface area contributed by atoms with E-state index in [2.05, 4.69) is 10.6 Å². The molecule has 1 fully saturated rings. The summed E-state index contributed by atoms with van der Waals surface area (Å²) in [7, 11) is 0. The minimum Gasteiger partial charge on any atom is -0.457 e. The van der Waals surface area contributed by atoms with Gasteiger partial charge in [-0.25, -0.2) is 9.69 Å². The maximum Gasteiger partial charge on any atom is 0.329 e. The summed E-state index contributed by atoms with van der Waals surface area (Å²) < 4.78 is 5.82. The van der Waals surface area contributed by atoms with E-state index in [1.165, 1.54) is 0 Å². The smallest absolute Gasteiger partial charge is 0.329 e. The lowest BCUT2D eigenvalue weighted by Crippen LogP contribution is -2.38. The summed E-state index contributed by atoms with van der Waals surface area (Å²) in [5.41, 5.74) is 2.41. The molecule has 3 aromatic rings. The summed E-state index contributed by atoms with van der Waals surface area (Å²) >= 11 is 0. The molecule has 7 heteroatoms. The molecule has 0 unspecified atom stereocenters. The van der Waals surface area contributed by atoms with Crippen molar-refractivity contribution in [2.45, 2.75) is 13.3 Å². The van der Waals surface area contributed by atoms with E-state index in [1.54, 1.807) is 36.4 Å². The van der Waals surface area contributed by atoms with Gasteiger partial charge in [0.25, 0.3) is 5.91 Å². The van der Waals surface area contributed by atoms with Crippen molar-refractivity contribution in [3.8, 4) is 11.5 Å². The van der Waals surface area contributed by atoms with Crippen molar-refractivity contribution in [1.82, 2.24) is 10.2 Å². The first kappa shape index (κ1) is 21.8. The number of para-hydroxylation sites is 2. The molecule has 2 N–H and O–H groups in total. The average Bonchev–Trinajstić information content (AvgIpc) is 3.07. The fourth-order valence-electron chi connectivity index (χ4n) is 3.46. The molecule has 1 aliphatic heterocycles. The number of carbonyl (C=O) groups excluding carboxylic acids is 3. The number of anilines is 1. The predicted octanol–water partition coefficient (Wildman–Crippen LogP) is 4.57. The van der Waals surface area contributed by atoms with Crippen molar-refractivity contribution in [3.05, 3.63) is 95.7 Å². The number of nitrogens with one attached hydrogen (secondary N) is 2. The lowest BCUT2D eigenvalue weighted by molar-refractivity contribution is -0.127. The van der Waals surface area contributed by atoms with E-state index < -0.39 is 17.8 Å². The zero-order chi connectivity index (χ0) is 23.2. The van der Waals surface area contributed by atoms with Crippen molar-refractivity contribution >= 4 is 29.6 Å². The number of hydrogen-bond acceptors (Lipinski definition) is 4. The third-order valence-electron chi connectivity index (χ3n) is 5.08. The van der Waals surface area contributed by atoms with Crippen LogP contribution in [0.4, 0.5) is 10.5 Å². The highest BCUT2D eigenvalue weighted by molar-refractivity contribution is 6.16. The summed E-state index contributed by atoms with van der Waals surface area (Å²) in [5.74, 6) is 0.278. The van der Waals surface area contributed by atoms with Gasteiger partial charge in [0.1, 0.15) is 23.7 Å². The Hall–Kier alpha value is -4.39. The minimum atomic E-state index is -0.637. The SMILES string of the molecule is CCc1ccccc1NC(=O)CN1C(=O)N/C(=C/c2cccc(Oc3ccccc3)c2)C1=O. The number of imide groups is 1. The predicted molar refractivity (Wildman–Crippen MR) is 126 cm³/mol. The van der Waals surface area contributed by atoms with Crippen LogP contribution in [-0.4, -0.2) is 29.3 Å². The summed E-state index contributed by atoms with van der Waals surface area (Å²) in [5, 5.41) is 5.32. The molecule has 0 spiro atoms. The van der Waals surface area contributed by atoms with E-state index in [1.807, 2.05) is 55.5 Å². The van der Waals surface area contributed by atoms with E-state index in [0.717, 1.165) is 16.9 Å². The van der Waals surface area contributed by atoms with Crippen LogP contribution < -0.4 is 15.4 Å². The normalized spacial score (nSPS) is 14.3. The maximum absolute atomic E-state index is 12.8. The summed E-state index contributed by atoms with van der Waals surface area (Å²) in [6.07, 6.45) is 2.31. The molecule has 0 saturated carbocycles. The largest absolute Gasteiger partial charge is 0.457 e. The summed E-state index contributed by atoms with van der Waals surface area (Å²) in [6, 6.07) is 23.3. The Morgan fingerprint density at radius 2 is 1.70 bits per heavy atom. The Morgan fingerprint density at radius 3 is 2.48 bits per heavy atom. The number of hydrogen-bond donors (Lipinski definition) is 2. The standard InChI is InChI=1S/C26H23N3O4/c1-2-19-10-6-7-14-22(19)27-24(30)17-29-25(31)23(28-26(29)32)16-18-9-8-13-21(15-18)33-20-11-4-3-5-12-20/h3-16H,2,17H2,1H3,(H,27,30)(H,28,32)/b23-16+. The lowest BCUT2D eigenvalue weighted by atomic mass is 10.1. The number of amides is 4. The van der Waals surface area contributed by atoms with Crippen LogP contribution in [-0.2, 0) is 16.0 Å². The Balaban J connectivity index is 1.44. The van der Waals surface area contributed by atoms with Gasteiger partial charge in [0, 0.05) is 5.69 Å². The van der Waals surface area contributed by atoms with Crippen LogP contribution in [0.1, 0.15) is 18.1 Å². The second-order valence-electron chi connectivity index (χ2n) is 7.43. The number of ether oxygens (including phenoxy) is 1. The van der Waals surface area contributed by atoms with Gasteiger partial charge in [0.2, 0.25) is 5.91 Å². The van der Waals surface area contributed by atoms with Crippen LogP contribution in [0.25, 0.3) is 6.08 Å². The van der Waals surface area contributed by atoms with E-state index in [4.69, 9.17) is 4.74 Å². The molecule has 33 heavy (non-hydrogen) atoms. The molecular formula is C26H23N3O4. The fourth-order valence-corrected chi connectivity index (χ4v) is 3.46. The van der Waals surface area contributed by atoms with E-state index in [9.17, 15) is 14.4 Å². The van der Waals surface area contributed by atoms with Gasteiger partial charge in [-0.05, 0) is 54.0 Å². The van der Waals surface area contributed by atoms with Crippen LogP contribution in [0, 0.1) is 0 Å². The first-order valence-corrected chi connectivity index (χ1v) is 10.6. The quantitative estimate of drug-likeness (QED) is 0.415. The average molecular weight is 441 g/mol. The van der Waals surface area contributed by atoms with Crippen molar-refractivity contribution in [1.29, 1.82) is 0 Å². The molecule has 1 heterocycles. The summed E-state index contributed by atoms with van der Waals surface area (Å²) in [6.45, 7) is 1.61. The third kappa shape index (κ3) is 5.27. The van der Waals surface area contributed by atoms with Crippen LogP contribution >= 0.6 is 0 Å². The van der Waals surface area contributed by atoms with Gasteiger partial charge in [0.15, 0.2) is 0 Å². The van der Waals surface area contributed by atoms with Gasteiger partial charge < -0.3 is 15.4 Å². The number of urea groups is 1. The maximum atomic E-state index is 12.8. The van der Waals surface area contributed by atoms with E-state index in [0.29, 0.717) is 22.7 Å². The van der Waals surface area contributed by atoms with Crippen LogP contribution in [0.2, 0.25) is 0 Å². The van der Waals surface area contributed by atoms with Crippen molar-refractivity contribution in [3.63, 3.8) is 0 Å². The Kier molecular flexibility index (Phi) is 6.50. The monoisotopic (exact) mass is 441 g/mol. The van der Waals surface area contributed by atoms with Gasteiger partial charge in [0.05, 0.1) is 0 Å². The molecule has 4 rings (SSSR count). The molecule has 0 atom stereocenters. The molecular weight excluding hydrogens is 418 g/mol. The highest BCUT2D eigenvalue weighted by atomic mass is 16.5. The first-order valence-electron chi connectivity index (χ1n) is 10.6. The molecule has 1 aliphatic rings. The Labute approximate surface area is 191 Å². The Morgan fingerprint density at radius 1 is 0.970 bits per heavy atom. The van der Waals surface area contributed by atoms with Crippen molar-refractivity contribution in [2.24, 2.45) is 0 Å². The molecule has 3 aromatic carbocycles. The highest BCUT2D eigenvalue weighted by Gasteiger charge is 2.35. The van der Waals surface area contributed by atoms with Gasteiger partial charge >= 0.3 is 6.03 Å². The third-order valence-corrected chi connectivity index (χ3v) is 5.08. The van der Waals surface area contributed by atoms with Crippen LogP contribution in [0.3, 0.4) is 0 Å². The molecule has 0 aliphatic carbocycles. The molecule has 0 aromatic heterocycles. The Bertz CT molecular complexity index is 1220. The summed E-state index contributed by atoms with van der Waals surface area (Å²) in [4.78, 5) is 38.5. The van der Waals surface area contributed by atoms with Crippen molar-refractivity contribution < 1.29 is 19.1 Å². The minimum absolute atomic E-state index is 0.0959. The van der Waals surface area contributed by atoms with Crippen molar-refractivity contribution in [2.75, 3.05) is 11.9 Å². The molecule has 0 radical (unpaired) electrons. The highest BCUT2D eigenvalue weighted by Crippen LogP contribution is 2.23. The van der Waals surface area contributed by atoms with Crippen LogP contribution in [0.5, 0.6) is 11.5 Å². The zero-order valence-electron chi connectivity index (χ0n) is 18.1. The first-order chi connectivity index (χ1) is 16.0. The molecule has 166 valence electrons. The van der Waals surface area contributed by atoms with Crippen LogP contribution in [0.15, 0.2) is 84.6 Å². The lowest BCUT2D eigenvalue weighted by Gasteiger charge is -2.13. The molecule has 7 nitrogen and oxygen atoms in total. The van der Waals surface area contributed by atoms with Gasteiger partial charge in [-0.2, -0.15) is 0 Å². The topological polar surface area (TPSA) is 87.7 Å². The number of benzene rings is 3. The molecule has 1 saturated heterocycles. The number of aryl methyl sites for hydroxylation is 1. The number of carbonyl (C=O) groups is 3. The fraction of sp³-hybridized carbons (Fsp3) is 0.115.